The van der Waals surface area contributed by atoms with Crippen molar-refractivity contribution in [3.63, 3.8) is 0 Å². The summed E-state index contributed by atoms with van der Waals surface area (Å²) in [5.41, 5.74) is 7.25. The van der Waals surface area contributed by atoms with E-state index in [-0.39, 0.29) is 0 Å². The molecule has 0 amide bonds. The number of anilines is 2. The second kappa shape index (κ2) is 7.27. The van der Waals surface area contributed by atoms with Crippen LogP contribution in [0.15, 0.2) is 12.1 Å². The van der Waals surface area contributed by atoms with Crippen LogP contribution in [0.4, 0.5) is 11.4 Å². The number of carbonyl (C=O) groups excluding carboxylic acids is 1. The van der Waals surface area contributed by atoms with E-state index >= 15 is 0 Å². The second-order valence-corrected chi connectivity index (χ2v) is 7.13. The monoisotopic (exact) mass is 328 g/mol. The Bertz CT molecular complexity index is 525. The normalized spacial score (nSPS) is 21.3. The molecule has 1 saturated carbocycles. The van der Waals surface area contributed by atoms with Crippen molar-refractivity contribution < 1.29 is 9.53 Å². The van der Waals surface area contributed by atoms with Gasteiger partial charge in [0.05, 0.1) is 23.4 Å². The van der Waals surface area contributed by atoms with Crippen LogP contribution in [0.2, 0.25) is 5.02 Å². The van der Waals surface area contributed by atoms with Gasteiger partial charge in [0.2, 0.25) is 0 Å². The molecule has 0 spiro atoms. The number of hydrogen-bond donors (Lipinski definition) is 2. The lowest BCUT2D eigenvalue weighted by atomic mass is 10.1. The predicted octanol–water partition coefficient (Wildman–Crippen LogP) is 3.79. The van der Waals surface area contributed by atoms with Gasteiger partial charge < -0.3 is 15.8 Å². The number of hydrogen-bond acceptors (Lipinski definition) is 5. The third-order valence-corrected chi connectivity index (χ3v) is 5.18. The third-order valence-electron chi connectivity index (χ3n) is 3.65. The number of benzene rings is 1. The zero-order valence-electron chi connectivity index (χ0n) is 12.3. The fourth-order valence-electron chi connectivity index (χ4n) is 2.71. The highest BCUT2D eigenvalue weighted by Gasteiger charge is 2.26. The number of halogens is 1. The van der Waals surface area contributed by atoms with Gasteiger partial charge in [-0.25, -0.2) is 4.79 Å². The van der Waals surface area contributed by atoms with E-state index in [1.165, 1.54) is 13.5 Å². The maximum atomic E-state index is 11.9. The summed E-state index contributed by atoms with van der Waals surface area (Å²) < 4.78 is 4.81. The molecule has 3 N–H and O–H groups in total. The van der Waals surface area contributed by atoms with E-state index in [9.17, 15) is 4.79 Å². The highest BCUT2D eigenvalue weighted by molar-refractivity contribution is 7.99. The van der Waals surface area contributed by atoms with Crippen molar-refractivity contribution in [1.82, 2.24) is 0 Å². The highest BCUT2D eigenvalue weighted by Crippen LogP contribution is 2.35. The smallest absolute Gasteiger partial charge is 0.340 e. The van der Waals surface area contributed by atoms with E-state index < -0.39 is 5.97 Å². The number of thioether (sulfide) groups is 1. The van der Waals surface area contributed by atoms with Gasteiger partial charge in [0, 0.05) is 17.0 Å². The summed E-state index contributed by atoms with van der Waals surface area (Å²) >= 11 is 8.25. The minimum Gasteiger partial charge on any atom is -0.465 e. The zero-order chi connectivity index (χ0) is 15.4. The first-order valence-electron chi connectivity index (χ1n) is 7.10. The van der Waals surface area contributed by atoms with E-state index in [1.54, 1.807) is 12.1 Å². The Balaban J connectivity index is 2.18. The van der Waals surface area contributed by atoms with E-state index in [1.807, 2.05) is 11.8 Å². The molecule has 116 valence electrons. The van der Waals surface area contributed by atoms with Gasteiger partial charge in [0.25, 0.3) is 0 Å². The molecule has 0 saturated heterocycles. The SMILES string of the molecule is CCSC1CCC(Nc2c(Cl)cc(N)cc2C(=O)OC)C1. The van der Waals surface area contributed by atoms with Crippen LogP contribution in [0.5, 0.6) is 0 Å². The van der Waals surface area contributed by atoms with Crippen molar-refractivity contribution in [3.8, 4) is 0 Å². The lowest BCUT2D eigenvalue weighted by molar-refractivity contribution is 0.0602. The van der Waals surface area contributed by atoms with Crippen molar-refractivity contribution in [2.75, 3.05) is 23.9 Å². The molecule has 1 aromatic carbocycles. The summed E-state index contributed by atoms with van der Waals surface area (Å²) in [4.78, 5) is 11.9. The van der Waals surface area contributed by atoms with Gasteiger partial charge in [-0.05, 0) is 37.1 Å². The number of methoxy groups -OCH3 is 1. The summed E-state index contributed by atoms with van der Waals surface area (Å²) in [6.45, 7) is 2.18. The summed E-state index contributed by atoms with van der Waals surface area (Å²) in [5.74, 6) is 0.706. The molecule has 1 fully saturated rings. The van der Waals surface area contributed by atoms with Crippen LogP contribution in [0, 0.1) is 0 Å². The van der Waals surface area contributed by atoms with Crippen molar-refractivity contribution in [3.05, 3.63) is 22.7 Å². The molecule has 0 aromatic heterocycles. The first kappa shape index (κ1) is 16.3. The fraction of sp³-hybridized carbons (Fsp3) is 0.533. The molecule has 0 aliphatic heterocycles. The Hall–Kier alpha value is -1.07. The van der Waals surface area contributed by atoms with Crippen molar-refractivity contribution in [2.24, 2.45) is 0 Å². The van der Waals surface area contributed by atoms with Crippen molar-refractivity contribution in [1.29, 1.82) is 0 Å². The van der Waals surface area contributed by atoms with Gasteiger partial charge in [-0.15, -0.1) is 0 Å². The topological polar surface area (TPSA) is 64.3 Å². The predicted molar refractivity (Wildman–Crippen MR) is 90.4 cm³/mol. The van der Waals surface area contributed by atoms with Crippen molar-refractivity contribution >= 4 is 40.7 Å². The summed E-state index contributed by atoms with van der Waals surface area (Å²) in [6.07, 6.45) is 3.36. The highest BCUT2D eigenvalue weighted by atomic mass is 35.5. The third kappa shape index (κ3) is 3.98. The minimum atomic E-state index is -0.427. The van der Waals surface area contributed by atoms with Gasteiger partial charge in [-0.1, -0.05) is 18.5 Å². The van der Waals surface area contributed by atoms with Crippen LogP contribution in [0.25, 0.3) is 0 Å². The van der Waals surface area contributed by atoms with Gasteiger partial charge in [-0.3, -0.25) is 0 Å². The van der Waals surface area contributed by atoms with Crippen LogP contribution >= 0.6 is 23.4 Å². The van der Waals surface area contributed by atoms with Crippen LogP contribution in [0.3, 0.4) is 0 Å². The first-order valence-corrected chi connectivity index (χ1v) is 8.53. The molecule has 1 aliphatic carbocycles. The lowest BCUT2D eigenvalue weighted by Crippen LogP contribution is -2.19. The number of nitrogen functional groups attached to an aromatic ring is 1. The standard InChI is InChI=1S/C15H21ClN2O2S/c1-3-21-11-5-4-10(8-11)18-14-12(15(19)20-2)6-9(17)7-13(14)16/h6-7,10-11,18H,3-5,8,17H2,1-2H3. The molecule has 2 rings (SSSR count). The maximum absolute atomic E-state index is 11.9. The molecule has 6 heteroatoms. The number of nitrogens with two attached hydrogens (primary N) is 1. The molecule has 2 unspecified atom stereocenters. The molecular formula is C15H21ClN2O2S. The molecule has 0 bridgehead atoms. The summed E-state index contributed by atoms with van der Waals surface area (Å²) in [6, 6.07) is 3.59. The summed E-state index contributed by atoms with van der Waals surface area (Å²) in [7, 11) is 1.35. The van der Waals surface area contributed by atoms with E-state index in [0.29, 0.717) is 33.3 Å². The van der Waals surface area contributed by atoms with E-state index in [4.69, 9.17) is 22.1 Å². The Labute approximate surface area is 134 Å². The Morgan fingerprint density at radius 3 is 2.95 bits per heavy atom. The Kier molecular flexibility index (Phi) is 5.65. The van der Waals surface area contributed by atoms with Crippen LogP contribution in [-0.4, -0.2) is 30.1 Å². The lowest BCUT2D eigenvalue weighted by Gasteiger charge is -2.18. The van der Waals surface area contributed by atoms with Gasteiger partial charge in [0.15, 0.2) is 0 Å². The zero-order valence-corrected chi connectivity index (χ0v) is 13.9. The molecular weight excluding hydrogens is 308 g/mol. The number of ether oxygens (including phenoxy) is 1. The van der Waals surface area contributed by atoms with Gasteiger partial charge in [0.1, 0.15) is 0 Å². The van der Waals surface area contributed by atoms with Crippen molar-refractivity contribution in [2.45, 2.75) is 37.5 Å². The first-order chi connectivity index (χ1) is 10.0. The Morgan fingerprint density at radius 2 is 2.29 bits per heavy atom. The number of carbonyl (C=O) groups is 1. The van der Waals surface area contributed by atoms with E-state index in [0.717, 1.165) is 18.6 Å². The van der Waals surface area contributed by atoms with Crippen LogP contribution in [0.1, 0.15) is 36.5 Å². The second-order valence-electron chi connectivity index (χ2n) is 5.15. The molecule has 21 heavy (non-hydrogen) atoms. The largest absolute Gasteiger partial charge is 0.465 e. The fourth-order valence-corrected chi connectivity index (χ4v) is 4.13. The van der Waals surface area contributed by atoms with Crippen LogP contribution in [-0.2, 0) is 4.74 Å². The average molecular weight is 329 g/mol. The molecule has 0 heterocycles. The van der Waals surface area contributed by atoms with Gasteiger partial charge >= 0.3 is 5.97 Å². The molecule has 1 aromatic rings. The minimum absolute atomic E-state index is 0.332. The molecule has 4 nitrogen and oxygen atoms in total. The summed E-state index contributed by atoms with van der Waals surface area (Å²) in [5, 5.41) is 4.55. The quantitative estimate of drug-likeness (QED) is 0.636. The number of nitrogens with one attached hydrogen (secondary N) is 1. The number of esters is 1. The van der Waals surface area contributed by atoms with Crippen LogP contribution < -0.4 is 11.1 Å². The average Bonchev–Trinajstić information content (AvgIpc) is 2.88. The number of rotatable bonds is 5. The Morgan fingerprint density at radius 1 is 1.52 bits per heavy atom. The van der Waals surface area contributed by atoms with Gasteiger partial charge in [-0.2, -0.15) is 11.8 Å². The molecule has 2 atom stereocenters. The van der Waals surface area contributed by atoms with E-state index in [2.05, 4.69) is 12.2 Å². The molecule has 1 aliphatic rings. The maximum Gasteiger partial charge on any atom is 0.340 e. The molecule has 0 radical (unpaired) electrons.